The Labute approximate surface area is 243 Å². The maximum Gasteiger partial charge on any atom is 0.512 e. The van der Waals surface area contributed by atoms with Crippen molar-refractivity contribution in [1.82, 2.24) is 4.98 Å². The van der Waals surface area contributed by atoms with Crippen LogP contribution in [0, 0.1) is 0 Å². The normalized spacial score (nSPS) is 11.1. The lowest BCUT2D eigenvalue weighted by molar-refractivity contribution is 0.142. The number of aromatic amines is 1. The Morgan fingerprint density at radius 3 is 1.95 bits per heavy atom. The van der Waals surface area contributed by atoms with Crippen molar-refractivity contribution in [1.29, 1.82) is 0 Å². The Bertz CT molecular complexity index is 1890. The van der Waals surface area contributed by atoms with Crippen LogP contribution >= 0.6 is 0 Å². The topological polar surface area (TPSA) is 80.8 Å². The lowest BCUT2D eigenvalue weighted by Crippen LogP contribution is -2.06. The molecule has 6 aromatic rings. The Hall–Kier alpha value is -5.23. The highest BCUT2D eigenvalue weighted by Gasteiger charge is 2.18. The van der Waals surface area contributed by atoms with Gasteiger partial charge in [0.1, 0.15) is 11.5 Å². The van der Waals surface area contributed by atoms with Gasteiger partial charge in [0.15, 0.2) is 0 Å². The summed E-state index contributed by atoms with van der Waals surface area (Å²) < 4.78 is 17.5. The Balaban J connectivity index is 1.17. The maximum absolute atomic E-state index is 11.5. The van der Waals surface area contributed by atoms with Gasteiger partial charge in [-0.3, -0.25) is 0 Å². The van der Waals surface area contributed by atoms with Crippen molar-refractivity contribution in [3.8, 4) is 17.4 Å². The minimum Gasteiger partial charge on any atom is -0.493 e. The molecule has 0 aliphatic carbocycles. The van der Waals surface area contributed by atoms with E-state index in [0.29, 0.717) is 32.5 Å². The molecule has 0 fully saturated rings. The molecule has 0 aliphatic rings. The van der Waals surface area contributed by atoms with Crippen LogP contribution in [-0.2, 0) is 6.42 Å². The number of hydrogen-bond acceptors (Lipinski definition) is 4. The van der Waals surface area contributed by atoms with Gasteiger partial charge in [-0.05, 0) is 41.3 Å². The van der Waals surface area contributed by atoms with Gasteiger partial charge in [0, 0.05) is 33.7 Å². The monoisotopic (exact) mass is 557 g/mol. The second kappa shape index (κ2) is 12.1. The third-order valence-electron chi connectivity index (χ3n) is 7.46. The van der Waals surface area contributed by atoms with Crippen molar-refractivity contribution in [3.05, 3.63) is 121 Å². The SMILES string of the molecule is C=C(CCOc1cccc2ccccc12)c1cccc2c(CCCOc3cccc4ccccc34)c(OC(=O)O)[nH]c12. The van der Waals surface area contributed by atoms with E-state index in [-0.39, 0.29) is 5.88 Å². The van der Waals surface area contributed by atoms with Gasteiger partial charge in [-0.15, -0.1) is 0 Å². The van der Waals surface area contributed by atoms with Crippen LogP contribution in [-0.4, -0.2) is 29.5 Å². The summed E-state index contributed by atoms with van der Waals surface area (Å²) in [4.78, 5) is 14.7. The van der Waals surface area contributed by atoms with E-state index in [1.807, 2.05) is 72.8 Å². The molecule has 0 amide bonds. The van der Waals surface area contributed by atoms with Gasteiger partial charge in [-0.2, -0.15) is 0 Å². The van der Waals surface area contributed by atoms with Gasteiger partial charge < -0.3 is 24.3 Å². The van der Waals surface area contributed by atoms with Crippen LogP contribution in [0.25, 0.3) is 38.0 Å². The molecule has 210 valence electrons. The number of benzene rings is 5. The number of carboxylic acid groups (broad SMARTS) is 1. The first-order valence-electron chi connectivity index (χ1n) is 14.0. The molecule has 0 aliphatic heterocycles. The highest BCUT2D eigenvalue weighted by Crippen LogP contribution is 2.35. The number of rotatable bonds is 11. The molecule has 42 heavy (non-hydrogen) atoms. The first-order valence-corrected chi connectivity index (χ1v) is 14.0. The standard InChI is InChI=1S/C36H31NO5/c1-24(21-23-41-33-20-7-13-26-11-3-5-15-29(26)33)27-16-8-17-30-31(35(37-34(27)30)42-36(38)39)18-9-22-40-32-19-6-12-25-10-2-4-14-28(25)32/h2-8,10-17,19-20,37H,1,9,18,21-23H2,(H,38,39). The summed E-state index contributed by atoms with van der Waals surface area (Å²) >= 11 is 0. The molecule has 0 spiro atoms. The second-order valence-corrected chi connectivity index (χ2v) is 10.1. The predicted molar refractivity (Wildman–Crippen MR) is 168 cm³/mol. The fourth-order valence-corrected chi connectivity index (χ4v) is 5.46. The quantitative estimate of drug-likeness (QED) is 0.123. The molecule has 1 heterocycles. The van der Waals surface area contributed by atoms with Crippen LogP contribution in [0.4, 0.5) is 4.79 Å². The Morgan fingerprint density at radius 2 is 1.29 bits per heavy atom. The molecule has 6 nitrogen and oxygen atoms in total. The molecule has 0 saturated carbocycles. The van der Waals surface area contributed by atoms with Gasteiger partial charge >= 0.3 is 6.16 Å². The van der Waals surface area contributed by atoms with Crippen LogP contribution < -0.4 is 14.2 Å². The molecule has 0 unspecified atom stereocenters. The zero-order valence-electron chi connectivity index (χ0n) is 23.1. The van der Waals surface area contributed by atoms with E-state index in [2.05, 4.69) is 41.9 Å². The summed E-state index contributed by atoms with van der Waals surface area (Å²) in [5.41, 5.74) is 3.39. The van der Waals surface area contributed by atoms with Gasteiger partial charge in [-0.1, -0.05) is 97.6 Å². The molecular weight excluding hydrogens is 526 g/mol. The smallest absolute Gasteiger partial charge is 0.493 e. The Morgan fingerprint density at radius 1 is 0.714 bits per heavy atom. The third-order valence-corrected chi connectivity index (χ3v) is 7.46. The molecule has 0 bridgehead atoms. The first-order chi connectivity index (χ1) is 20.6. The van der Waals surface area contributed by atoms with E-state index in [1.165, 1.54) is 0 Å². The van der Waals surface area contributed by atoms with E-state index in [0.717, 1.165) is 60.6 Å². The zero-order chi connectivity index (χ0) is 28.9. The summed E-state index contributed by atoms with van der Waals surface area (Å²) in [6.45, 7) is 5.26. The number of aryl methyl sites for hydroxylation is 1. The number of para-hydroxylation sites is 1. The van der Waals surface area contributed by atoms with E-state index < -0.39 is 6.16 Å². The molecule has 5 aromatic carbocycles. The van der Waals surface area contributed by atoms with Crippen LogP contribution in [0.5, 0.6) is 17.4 Å². The second-order valence-electron chi connectivity index (χ2n) is 10.1. The summed E-state index contributed by atoms with van der Waals surface area (Å²) in [6.07, 6.45) is 0.493. The van der Waals surface area contributed by atoms with Gasteiger partial charge in [0.05, 0.1) is 18.7 Å². The largest absolute Gasteiger partial charge is 0.512 e. The van der Waals surface area contributed by atoms with Crippen molar-refractivity contribution in [3.63, 3.8) is 0 Å². The number of hydrogen-bond donors (Lipinski definition) is 2. The number of carbonyl (C=O) groups is 1. The molecule has 6 rings (SSSR count). The average Bonchev–Trinajstić information content (AvgIpc) is 3.35. The van der Waals surface area contributed by atoms with Crippen LogP contribution in [0.15, 0.2) is 110 Å². The summed E-state index contributed by atoms with van der Waals surface area (Å²) in [5, 5.41) is 14.7. The molecule has 0 saturated heterocycles. The fourth-order valence-electron chi connectivity index (χ4n) is 5.46. The number of fused-ring (bicyclic) bond motifs is 3. The lowest BCUT2D eigenvalue weighted by Gasteiger charge is -2.11. The van der Waals surface area contributed by atoms with Gasteiger partial charge in [0.25, 0.3) is 0 Å². The minimum atomic E-state index is -1.36. The molecule has 0 atom stereocenters. The van der Waals surface area contributed by atoms with E-state index in [9.17, 15) is 9.90 Å². The van der Waals surface area contributed by atoms with Crippen LogP contribution in [0.3, 0.4) is 0 Å². The molecule has 0 radical (unpaired) electrons. The van der Waals surface area contributed by atoms with Gasteiger partial charge in [0.2, 0.25) is 5.88 Å². The van der Waals surface area contributed by atoms with Crippen LogP contribution in [0.2, 0.25) is 0 Å². The third kappa shape index (κ3) is 5.65. The summed E-state index contributed by atoms with van der Waals surface area (Å²) in [5.74, 6) is 1.90. The molecule has 1 aromatic heterocycles. The predicted octanol–water partition coefficient (Wildman–Crippen LogP) is 9.03. The van der Waals surface area contributed by atoms with Crippen LogP contribution in [0.1, 0.15) is 24.0 Å². The fraction of sp³-hybridized carbons (Fsp3) is 0.139. The lowest BCUT2D eigenvalue weighted by atomic mass is 10.00. The highest BCUT2D eigenvalue weighted by molar-refractivity contribution is 5.95. The van der Waals surface area contributed by atoms with Crippen molar-refractivity contribution in [2.24, 2.45) is 0 Å². The molecule has 2 N–H and O–H groups in total. The van der Waals surface area contributed by atoms with Crippen molar-refractivity contribution in [2.45, 2.75) is 19.3 Å². The summed E-state index contributed by atoms with van der Waals surface area (Å²) in [6, 6.07) is 34.2. The molecule has 6 heteroatoms. The average molecular weight is 558 g/mol. The van der Waals surface area contributed by atoms with Gasteiger partial charge in [-0.25, -0.2) is 4.79 Å². The van der Waals surface area contributed by atoms with E-state index in [1.54, 1.807) is 0 Å². The highest BCUT2D eigenvalue weighted by atomic mass is 16.7. The number of H-pyrrole nitrogens is 1. The van der Waals surface area contributed by atoms with E-state index in [4.69, 9.17) is 14.2 Å². The number of nitrogens with one attached hydrogen (secondary N) is 1. The van der Waals surface area contributed by atoms with E-state index >= 15 is 0 Å². The van der Waals surface area contributed by atoms with Crippen molar-refractivity contribution in [2.75, 3.05) is 13.2 Å². The number of ether oxygens (including phenoxy) is 3. The maximum atomic E-state index is 11.5. The first kappa shape index (κ1) is 27.0. The minimum absolute atomic E-state index is 0.231. The van der Waals surface area contributed by atoms with Crippen molar-refractivity contribution < 1.29 is 24.1 Å². The summed E-state index contributed by atoms with van der Waals surface area (Å²) in [7, 11) is 0. The Kier molecular flexibility index (Phi) is 7.77. The zero-order valence-corrected chi connectivity index (χ0v) is 23.1. The number of aromatic nitrogens is 1. The molecular formula is C36H31NO5. The van der Waals surface area contributed by atoms with Crippen molar-refractivity contribution >= 4 is 44.2 Å².